The standard InChI is InChI=1S/C18H31N5O2/c1-14(23-6-7-25-13-15(23)2)9-19-18(24)22-5-4-16(12-22)8-17-10-20-21(3)11-17/h10-11,14-16H,4-9,12-13H2,1-3H3,(H,19,24)/t14-,15-,16-/m1/s1. The van der Waals surface area contributed by atoms with Crippen molar-refractivity contribution in [1.82, 2.24) is 24.9 Å². The lowest BCUT2D eigenvalue weighted by Crippen LogP contribution is -2.53. The van der Waals surface area contributed by atoms with Gasteiger partial charge in [-0.2, -0.15) is 5.10 Å². The topological polar surface area (TPSA) is 62.6 Å². The van der Waals surface area contributed by atoms with Gasteiger partial charge in [-0.15, -0.1) is 0 Å². The van der Waals surface area contributed by atoms with Crippen molar-refractivity contribution in [2.75, 3.05) is 39.4 Å². The number of amides is 2. The van der Waals surface area contributed by atoms with Gasteiger partial charge in [-0.3, -0.25) is 9.58 Å². The molecule has 140 valence electrons. The molecule has 2 fully saturated rings. The van der Waals surface area contributed by atoms with Crippen LogP contribution in [0.1, 0.15) is 25.8 Å². The summed E-state index contributed by atoms with van der Waals surface area (Å²) in [5.41, 5.74) is 1.25. The first kappa shape index (κ1) is 18.2. The van der Waals surface area contributed by atoms with Gasteiger partial charge < -0.3 is 15.0 Å². The number of rotatable bonds is 5. The second-order valence-corrected chi connectivity index (χ2v) is 7.52. The Morgan fingerprint density at radius 2 is 2.32 bits per heavy atom. The van der Waals surface area contributed by atoms with E-state index in [2.05, 4.69) is 35.4 Å². The number of aryl methyl sites for hydroxylation is 1. The first-order valence-corrected chi connectivity index (χ1v) is 9.36. The van der Waals surface area contributed by atoms with E-state index in [4.69, 9.17) is 4.74 Å². The van der Waals surface area contributed by atoms with Gasteiger partial charge in [0.25, 0.3) is 0 Å². The predicted octanol–water partition coefficient (Wildman–Crippen LogP) is 1.10. The minimum absolute atomic E-state index is 0.0708. The molecule has 3 heterocycles. The highest BCUT2D eigenvalue weighted by Gasteiger charge is 2.28. The number of likely N-dealkylation sites (tertiary alicyclic amines) is 1. The van der Waals surface area contributed by atoms with E-state index < -0.39 is 0 Å². The molecule has 0 spiro atoms. The third kappa shape index (κ3) is 4.73. The molecule has 0 saturated carbocycles. The number of carbonyl (C=O) groups excluding carboxylic acids is 1. The average molecular weight is 349 g/mol. The van der Waals surface area contributed by atoms with E-state index in [0.717, 1.165) is 45.7 Å². The molecular formula is C18H31N5O2. The summed E-state index contributed by atoms with van der Waals surface area (Å²) in [6.45, 7) is 9.23. The van der Waals surface area contributed by atoms with Crippen LogP contribution in [0.3, 0.4) is 0 Å². The molecule has 0 bridgehead atoms. The molecule has 1 aromatic rings. The highest BCUT2D eigenvalue weighted by atomic mass is 16.5. The maximum atomic E-state index is 12.5. The Balaban J connectivity index is 1.41. The normalized spacial score (nSPS) is 26.0. The van der Waals surface area contributed by atoms with Crippen LogP contribution in [0, 0.1) is 5.92 Å². The van der Waals surface area contributed by atoms with Crippen LogP contribution in [0.5, 0.6) is 0 Å². The van der Waals surface area contributed by atoms with E-state index in [1.165, 1.54) is 5.56 Å². The molecule has 1 aromatic heterocycles. The van der Waals surface area contributed by atoms with Crippen molar-refractivity contribution in [3.05, 3.63) is 18.0 Å². The summed E-state index contributed by atoms with van der Waals surface area (Å²) in [6, 6.07) is 0.814. The van der Waals surface area contributed by atoms with E-state index in [1.807, 2.05) is 22.8 Å². The zero-order valence-corrected chi connectivity index (χ0v) is 15.6. The van der Waals surface area contributed by atoms with E-state index in [1.54, 1.807) is 0 Å². The van der Waals surface area contributed by atoms with Crippen molar-refractivity contribution in [1.29, 1.82) is 0 Å². The third-order valence-corrected chi connectivity index (χ3v) is 5.39. The number of morpholine rings is 1. The zero-order valence-electron chi connectivity index (χ0n) is 15.6. The Bertz CT molecular complexity index is 576. The number of nitrogens with one attached hydrogen (secondary N) is 1. The lowest BCUT2D eigenvalue weighted by molar-refractivity contribution is -0.0177. The highest BCUT2D eigenvalue weighted by Crippen LogP contribution is 2.20. The van der Waals surface area contributed by atoms with Gasteiger partial charge in [-0.25, -0.2) is 4.79 Å². The zero-order chi connectivity index (χ0) is 17.8. The minimum atomic E-state index is 0.0708. The van der Waals surface area contributed by atoms with Crippen LogP contribution in [0.2, 0.25) is 0 Å². The summed E-state index contributed by atoms with van der Waals surface area (Å²) < 4.78 is 7.32. The Labute approximate surface area is 150 Å². The predicted molar refractivity (Wildman–Crippen MR) is 96.4 cm³/mol. The summed E-state index contributed by atoms with van der Waals surface area (Å²) in [5.74, 6) is 0.534. The lowest BCUT2D eigenvalue weighted by Gasteiger charge is -2.38. The molecule has 3 atom stereocenters. The monoisotopic (exact) mass is 349 g/mol. The van der Waals surface area contributed by atoms with Gasteiger partial charge in [-0.05, 0) is 38.2 Å². The fraction of sp³-hybridized carbons (Fsp3) is 0.778. The summed E-state index contributed by atoms with van der Waals surface area (Å²) in [7, 11) is 1.94. The van der Waals surface area contributed by atoms with Gasteiger partial charge in [0.15, 0.2) is 0 Å². The number of carbonyl (C=O) groups is 1. The molecule has 2 aliphatic rings. The Hall–Kier alpha value is -1.60. The molecule has 7 heteroatoms. The van der Waals surface area contributed by atoms with Crippen molar-refractivity contribution in [3.8, 4) is 0 Å². The van der Waals surface area contributed by atoms with Crippen molar-refractivity contribution >= 4 is 6.03 Å². The van der Waals surface area contributed by atoms with Crippen LogP contribution in [-0.2, 0) is 18.2 Å². The fourth-order valence-corrected chi connectivity index (χ4v) is 3.95. The van der Waals surface area contributed by atoms with Crippen LogP contribution in [0.4, 0.5) is 4.79 Å². The second kappa shape index (κ2) is 8.19. The first-order valence-electron chi connectivity index (χ1n) is 9.36. The molecule has 25 heavy (non-hydrogen) atoms. The molecule has 0 unspecified atom stereocenters. The average Bonchev–Trinajstić information content (AvgIpc) is 3.22. The second-order valence-electron chi connectivity index (χ2n) is 7.52. The van der Waals surface area contributed by atoms with Gasteiger partial charge in [-0.1, -0.05) is 0 Å². The van der Waals surface area contributed by atoms with Gasteiger partial charge in [0.05, 0.1) is 19.4 Å². The van der Waals surface area contributed by atoms with Gasteiger partial charge in [0.2, 0.25) is 0 Å². The summed E-state index contributed by atoms with van der Waals surface area (Å²) >= 11 is 0. The number of ether oxygens (including phenoxy) is 1. The number of aromatic nitrogens is 2. The fourth-order valence-electron chi connectivity index (χ4n) is 3.95. The van der Waals surface area contributed by atoms with Crippen LogP contribution in [0.15, 0.2) is 12.4 Å². The van der Waals surface area contributed by atoms with Crippen molar-refractivity contribution in [3.63, 3.8) is 0 Å². The molecule has 2 saturated heterocycles. The maximum absolute atomic E-state index is 12.5. The van der Waals surface area contributed by atoms with Gasteiger partial charge >= 0.3 is 6.03 Å². The molecule has 3 rings (SSSR count). The number of hydrogen-bond donors (Lipinski definition) is 1. The molecule has 0 radical (unpaired) electrons. The van der Waals surface area contributed by atoms with Gasteiger partial charge in [0.1, 0.15) is 0 Å². The van der Waals surface area contributed by atoms with Crippen LogP contribution in [0.25, 0.3) is 0 Å². The molecule has 2 aliphatic heterocycles. The molecule has 2 amide bonds. The Morgan fingerprint density at radius 3 is 3.04 bits per heavy atom. The molecule has 0 aliphatic carbocycles. The minimum Gasteiger partial charge on any atom is -0.379 e. The van der Waals surface area contributed by atoms with E-state index in [-0.39, 0.29) is 6.03 Å². The summed E-state index contributed by atoms with van der Waals surface area (Å²) in [4.78, 5) is 16.8. The highest BCUT2D eigenvalue weighted by molar-refractivity contribution is 5.74. The first-order chi connectivity index (χ1) is 12.0. The SMILES string of the molecule is C[C@H](CNC(=O)N1CC[C@H](Cc2cnn(C)c2)C1)N1CCOC[C@H]1C. The van der Waals surface area contributed by atoms with Gasteiger partial charge in [0, 0.05) is 51.5 Å². The van der Waals surface area contributed by atoms with Crippen molar-refractivity contribution in [2.24, 2.45) is 13.0 Å². The van der Waals surface area contributed by atoms with E-state index in [9.17, 15) is 4.79 Å². The number of urea groups is 1. The largest absolute Gasteiger partial charge is 0.379 e. The maximum Gasteiger partial charge on any atom is 0.317 e. The van der Waals surface area contributed by atoms with Crippen molar-refractivity contribution in [2.45, 2.75) is 38.8 Å². The Morgan fingerprint density at radius 1 is 1.48 bits per heavy atom. The third-order valence-electron chi connectivity index (χ3n) is 5.39. The van der Waals surface area contributed by atoms with Crippen LogP contribution < -0.4 is 5.32 Å². The summed E-state index contributed by atoms with van der Waals surface area (Å²) in [6.07, 6.45) is 6.06. The van der Waals surface area contributed by atoms with E-state index >= 15 is 0 Å². The number of nitrogens with zero attached hydrogens (tertiary/aromatic N) is 4. The molecule has 7 nitrogen and oxygen atoms in total. The summed E-state index contributed by atoms with van der Waals surface area (Å²) in [5, 5.41) is 7.34. The van der Waals surface area contributed by atoms with Crippen LogP contribution >= 0.6 is 0 Å². The molecule has 1 N–H and O–H groups in total. The van der Waals surface area contributed by atoms with Crippen molar-refractivity contribution < 1.29 is 9.53 Å². The molecule has 0 aromatic carbocycles. The van der Waals surface area contributed by atoms with E-state index in [0.29, 0.717) is 24.5 Å². The lowest BCUT2D eigenvalue weighted by atomic mass is 10.0. The van der Waals surface area contributed by atoms with Crippen LogP contribution in [-0.4, -0.2) is 77.1 Å². The molecular weight excluding hydrogens is 318 g/mol. The number of hydrogen-bond acceptors (Lipinski definition) is 4. The smallest absolute Gasteiger partial charge is 0.317 e. The quantitative estimate of drug-likeness (QED) is 0.865. The Kier molecular flexibility index (Phi) is 5.96.